The summed E-state index contributed by atoms with van der Waals surface area (Å²) in [6.07, 6.45) is 4.22. The van der Waals surface area contributed by atoms with Crippen LogP contribution in [0.3, 0.4) is 0 Å². The van der Waals surface area contributed by atoms with Crippen molar-refractivity contribution in [1.29, 1.82) is 0 Å². The van der Waals surface area contributed by atoms with Crippen LogP contribution in [0.4, 0.5) is 0 Å². The van der Waals surface area contributed by atoms with Crippen LogP contribution in [0.1, 0.15) is 35.2 Å². The summed E-state index contributed by atoms with van der Waals surface area (Å²) >= 11 is 1.74. The normalized spacial score (nSPS) is 10.7. The molecule has 3 nitrogen and oxygen atoms in total. The van der Waals surface area contributed by atoms with Crippen molar-refractivity contribution in [3.05, 3.63) is 45.9 Å². The van der Waals surface area contributed by atoms with Gasteiger partial charge < -0.3 is 10.1 Å². The number of thiazole rings is 1. The van der Waals surface area contributed by atoms with Gasteiger partial charge in [0.25, 0.3) is 0 Å². The van der Waals surface area contributed by atoms with Crippen LogP contribution in [0, 0.1) is 6.92 Å². The number of nitrogens with one attached hydrogen (secondary N) is 1. The van der Waals surface area contributed by atoms with E-state index in [1.54, 1.807) is 11.3 Å². The molecule has 108 valence electrons. The van der Waals surface area contributed by atoms with E-state index in [4.69, 9.17) is 4.74 Å². The van der Waals surface area contributed by atoms with E-state index >= 15 is 0 Å². The molecule has 0 aliphatic heterocycles. The summed E-state index contributed by atoms with van der Waals surface area (Å²) in [7, 11) is 0. The van der Waals surface area contributed by atoms with Gasteiger partial charge in [-0.15, -0.1) is 11.3 Å². The molecule has 0 aliphatic rings. The van der Waals surface area contributed by atoms with E-state index in [0.717, 1.165) is 36.9 Å². The minimum atomic E-state index is 0.804. The van der Waals surface area contributed by atoms with Crippen LogP contribution < -0.4 is 10.1 Å². The monoisotopic (exact) mass is 290 g/mol. The predicted octanol–water partition coefficient (Wildman–Crippen LogP) is 3.92. The minimum Gasteiger partial charge on any atom is -0.494 e. The Morgan fingerprint density at radius 2 is 2.00 bits per heavy atom. The molecule has 4 heteroatoms. The number of ether oxygens (including phenoxy) is 1. The highest BCUT2D eigenvalue weighted by Crippen LogP contribution is 2.14. The van der Waals surface area contributed by atoms with Crippen LogP contribution in [-0.2, 0) is 13.1 Å². The Labute approximate surface area is 125 Å². The molecule has 0 bridgehead atoms. The van der Waals surface area contributed by atoms with Gasteiger partial charge >= 0.3 is 0 Å². The number of hydrogen-bond acceptors (Lipinski definition) is 4. The van der Waals surface area contributed by atoms with Gasteiger partial charge in [0.2, 0.25) is 0 Å². The zero-order valence-corrected chi connectivity index (χ0v) is 13.0. The summed E-state index contributed by atoms with van der Waals surface area (Å²) < 4.78 is 5.65. The molecule has 1 N–H and O–H groups in total. The van der Waals surface area contributed by atoms with Crippen molar-refractivity contribution in [3.63, 3.8) is 0 Å². The summed E-state index contributed by atoms with van der Waals surface area (Å²) in [5.41, 5.74) is 1.27. The topological polar surface area (TPSA) is 34.1 Å². The number of nitrogens with zero attached hydrogens (tertiary/aromatic N) is 1. The number of rotatable bonds is 8. The van der Waals surface area contributed by atoms with Gasteiger partial charge in [-0.25, -0.2) is 4.98 Å². The lowest BCUT2D eigenvalue weighted by molar-refractivity contribution is 0.309. The average Bonchev–Trinajstić information content (AvgIpc) is 2.87. The molecule has 1 aromatic heterocycles. The van der Waals surface area contributed by atoms with Crippen LogP contribution in [-0.4, -0.2) is 11.6 Å². The molecule has 0 atom stereocenters. The van der Waals surface area contributed by atoms with E-state index in [2.05, 4.69) is 29.4 Å². The van der Waals surface area contributed by atoms with Gasteiger partial charge in [-0.1, -0.05) is 25.5 Å². The van der Waals surface area contributed by atoms with Gasteiger partial charge in [-0.3, -0.25) is 0 Å². The smallest absolute Gasteiger partial charge is 0.119 e. The molecule has 20 heavy (non-hydrogen) atoms. The van der Waals surface area contributed by atoms with Crippen molar-refractivity contribution >= 4 is 11.3 Å². The van der Waals surface area contributed by atoms with E-state index in [0.29, 0.717) is 0 Å². The summed E-state index contributed by atoms with van der Waals surface area (Å²) in [6, 6.07) is 8.32. The first kappa shape index (κ1) is 15.0. The highest BCUT2D eigenvalue weighted by Gasteiger charge is 1.99. The molecular weight excluding hydrogens is 268 g/mol. The fourth-order valence-electron chi connectivity index (χ4n) is 1.85. The number of unbranched alkanes of at least 4 members (excludes halogenated alkanes) is 1. The number of aromatic nitrogens is 1. The van der Waals surface area contributed by atoms with Gasteiger partial charge in [0.05, 0.1) is 11.6 Å². The summed E-state index contributed by atoms with van der Waals surface area (Å²) in [4.78, 5) is 5.53. The van der Waals surface area contributed by atoms with Crippen LogP contribution in [0.15, 0.2) is 30.5 Å². The van der Waals surface area contributed by atoms with Crippen molar-refractivity contribution in [1.82, 2.24) is 10.3 Å². The second-order valence-electron chi connectivity index (χ2n) is 4.80. The third kappa shape index (κ3) is 4.94. The lowest BCUT2D eigenvalue weighted by atomic mass is 10.2. The fourth-order valence-corrected chi connectivity index (χ4v) is 2.62. The SMILES string of the molecule is CCCCOc1ccc(CNCc2cnc(C)s2)cc1. The molecule has 0 saturated carbocycles. The van der Waals surface area contributed by atoms with E-state index in [-0.39, 0.29) is 0 Å². The largest absolute Gasteiger partial charge is 0.494 e. The number of aryl methyl sites for hydroxylation is 1. The average molecular weight is 290 g/mol. The molecule has 1 heterocycles. The Morgan fingerprint density at radius 3 is 2.65 bits per heavy atom. The van der Waals surface area contributed by atoms with Crippen molar-refractivity contribution in [2.75, 3.05) is 6.61 Å². The molecule has 0 aliphatic carbocycles. The zero-order valence-electron chi connectivity index (χ0n) is 12.2. The molecular formula is C16H22N2OS. The van der Waals surface area contributed by atoms with Crippen LogP contribution in [0.2, 0.25) is 0 Å². The van der Waals surface area contributed by atoms with Crippen molar-refractivity contribution < 1.29 is 4.74 Å². The molecule has 1 aromatic carbocycles. The Kier molecular flexibility index (Phi) is 6.02. The van der Waals surface area contributed by atoms with Gasteiger partial charge in [0.15, 0.2) is 0 Å². The lowest BCUT2D eigenvalue weighted by Gasteiger charge is -2.07. The highest BCUT2D eigenvalue weighted by molar-refractivity contribution is 7.11. The van der Waals surface area contributed by atoms with E-state index in [1.165, 1.54) is 16.9 Å². The second kappa shape index (κ2) is 8.02. The quantitative estimate of drug-likeness (QED) is 0.748. The number of benzene rings is 1. The van der Waals surface area contributed by atoms with Gasteiger partial charge in [-0.05, 0) is 31.0 Å². The van der Waals surface area contributed by atoms with E-state index in [9.17, 15) is 0 Å². The summed E-state index contributed by atoms with van der Waals surface area (Å²) in [6.45, 7) is 6.75. The van der Waals surface area contributed by atoms with Crippen LogP contribution >= 0.6 is 11.3 Å². The minimum absolute atomic E-state index is 0.804. The summed E-state index contributed by atoms with van der Waals surface area (Å²) in [5.74, 6) is 0.959. The van der Waals surface area contributed by atoms with Crippen molar-refractivity contribution in [2.45, 2.75) is 39.8 Å². The Hall–Kier alpha value is -1.39. The van der Waals surface area contributed by atoms with Crippen molar-refractivity contribution in [3.8, 4) is 5.75 Å². The van der Waals surface area contributed by atoms with Gasteiger partial charge in [0.1, 0.15) is 5.75 Å². The molecule has 0 spiro atoms. The highest BCUT2D eigenvalue weighted by atomic mass is 32.1. The van der Waals surface area contributed by atoms with Crippen molar-refractivity contribution in [2.24, 2.45) is 0 Å². The van der Waals surface area contributed by atoms with Crippen LogP contribution in [0.25, 0.3) is 0 Å². The van der Waals surface area contributed by atoms with E-state index in [1.807, 2.05) is 25.3 Å². The molecule has 0 unspecified atom stereocenters. The molecule has 2 aromatic rings. The Bertz CT molecular complexity index is 507. The summed E-state index contributed by atoms with van der Waals surface area (Å²) in [5, 5.41) is 4.55. The maximum atomic E-state index is 5.65. The van der Waals surface area contributed by atoms with Gasteiger partial charge in [0, 0.05) is 24.2 Å². The first-order valence-electron chi connectivity index (χ1n) is 7.11. The molecule has 0 amide bonds. The third-order valence-corrected chi connectivity index (χ3v) is 3.90. The first-order chi connectivity index (χ1) is 9.78. The fraction of sp³-hybridized carbons (Fsp3) is 0.438. The van der Waals surface area contributed by atoms with E-state index < -0.39 is 0 Å². The first-order valence-corrected chi connectivity index (χ1v) is 7.93. The second-order valence-corrected chi connectivity index (χ2v) is 6.11. The third-order valence-electron chi connectivity index (χ3n) is 2.99. The number of hydrogen-bond donors (Lipinski definition) is 1. The Balaban J connectivity index is 1.73. The maximum absolute atomic E-state index is 5.65. The molecule has 0 fully saturated rings. The molecule has 0 radical (unpaired) electrons. The van der Waals surface area contributed by atoms with Crippen LogP contribution in [0.5, 0.6) is 5.75 Å². The maximum Gasteiger partial charge on any atom is 0.119 e. The predicted molar refractivity (Wildman–Crippen MR) is 84.2 cm³/mol. The molecule has 0 saturated heterocycles. The Morgan fingerprint density at radius 1 is 1.20 bits per heavy atom. The lowest BCUT2D eigenvalue weighted by Crippen LogP contribution is -2.11. The van der Waals surface area contributed by atoms with Gasteiger partial charge in [-0.2, -0.15) is 0 Å². The molecule has 2 rings (SSSR count). The zero-order chi connectivity index (χ0) is 14.2. The standard InChI is InChI=1S/C16H22N2OS/c1-3-4-9-19-15-7-5-14(6-8-15)10-17-11-16-12-18-13(2)20-16/h5-8,12,17H,3-4,9-11H2,1-2H3.